The summed E-state index contributed by atoms with van der Waals surface area (Å²) in [6.45, 7) is 4.47. The van der Waals surface area contributed by atoms with Crippen LogP contribution in [0.25, 0.3) is 5.69 Å². The first-order valence-electron chi connectivity index (χ1n) is 7.83. The Balaban J connectivity index is 1.85. The van der Waals surface area contributed by atoms with Crippen molar-refractivity contribution < 1.29 is 9.53 Å². The van der Waals surface area contributed by atoms with Gasteiger partial charge in [-0.3, -0.25) is 4.79 Å². The van der Waals surface area contributed by atoms with Crippen LogP contribution in [0.5, 0.6) is 5.75 Å². The summed E-state index contributed by atoms with van der Waals surface area (Å²) in [6, 6.07) is 14.8. The molecule has 3 rings (SSSR count). The van der Waals surface area contributed by atoms with Gasteiger partial charge in [-0.15, -0.1) is 0 Å². The van der Waals surface area contributed by atoms with E-state index in [1.165, 1.54) is 0 Å². The molecule has 5 heteroatoms. The minimum absolute atomic E-state index is 0.166. The average Bonchev–Trinajstić information content (AvgIpc) is 3.11. The third kappa shape index (κ3) is 3.30. The van der Waals surface area contributed by atoms with Gasteiger partial charge in [0.15, 0.2) is 0 Å². The van der Waals surface area contributed by atoms with Gasteiger partial charge in [-0.05, 0) is 55.8 Å². The number of rotatable bonds is 5. The average molecular weight is 321 g/mol. The number of anilines is 1. The topological polar surface area (TPSA) is 56.1 Å². The van der Waals surface area contributed by atoms with Gasteiger partial charge in [-0.25, -0.2) is 4.68 Å². The highest BCUT2D eigenvalue weighted by atomic mass is 16.5. The molecular formula is C19H19N3O2. The van der Waals surface area contributed by atoms with E-state index < -0.39 is 0 Å². The number of para-hydroxylation sites is 2. The summed E-state index contributed by atoms with van der Waals surface area (Å²) in [5.41, 5.74) is 3.05. The summed E-state index contributed by atoms with van der Waals surface area (Å²) in [7, 11) is 0. The number of ether oxygens (including phenoxy) is 1. The Morgan fingerprint density at radius 2 is 2.04 bits per heavy atom. The van der Waals surface area contributed by atoms with Crippen LogP contribution in [0.15, 0.2) is 60.9 Å². The number of carbonyl (C=O) groups excluding carboxylic acids is 1. The SMILES string of the molecule is CCOc1ccc(C(=O)Nc2ccccc2-n2cccn2)cc1C. The molecule has 1 heterocycles. The maximum atomic E-state index is 12.6. The molecule has 0 saturated carbocycles. The Hall–Kier alpha value is -3.08. The normalized spacial score (nSPS) is 10.4. The van der Waals surface area contributed by atoms with Crippen LogP contribution in [0.2, 0.25) is 0 Å². The highest BCUT2D eigenvalue weighted by molar-refractivity contribution is 6.05. The molecule has 0 spiro atoms. The van der Waals surface area contributed by atoms with E-state index in [-0.39, 0.29) is 5.91 Å². The predicted molar refractivity (Wildman–Crippen MR) is 93.9 cm³/mol. The van der Waals surface area contributed by atoms with Crippen LogP contribution in [-0.2, 0) is 0 Å². The molecule has 0 atom stereocenters. The largest absolute Gasteiger partial charge is 0.494 e. The van der Waals surface area contributed by atoms with E-state index in [1.54, 1.807) is 16.9 Å². The van der Waals surface area contributed by atoms with Crippen molar-refractivity contribution in [2.75, 3.05) is 11.9 Å². The fourth-order valence-electron chi connectivity index (χ4n) is 2.49. The fourth-order valence-corrected chi connectivity index (χ4v) is 2.49. The standard InChI is InChI=1S/C19H19N3O2/c1-3-24-18-10-9-15(13-14(18)2)19(23)21-16-7-4-5-8-17(16)22-12-6-11-20-22/h4-13H,3H2,1-2H3,(H,21,23). The summed E-state index contributed by atoms with van der Waals surface area (Å²) in [5, 5.41) is 7.18. The van der Waals surface area contributed by atoms with Crippen molar-refractivity contribution in [1.82, 2.24) is 9.78 Å². The number of hydrogen-bond acceptors (Lipinski definition) is 3. The minimum atomic E-state index is -0.166. The first-order valence-corrected chi connectivity index (χ1v) is 7.83. The maximum absolute atomic E-state index is 12.6. The lowest BCUT2D eigenvalue weighted by Crippen LogP contribution is -2.14. The summed E-state index contributed by atoms with van der Waals surface area (Å²) in [4.78, 5) is 12.6. The molecule has 0 aliphatic carbocycles. The van der Waals surface area contributed by atoms with Gasteiger partial charge in [0.25, 0.3) is 5.91 Å². The van der Waals surface area contributed by atoms with E-state index in [9.17, 15) is 4.79 Å². The number of hydrogen-bond donors (Lipinski definition) is 1. The summed E-state index contributed by atoms with van der Waals surface area (Å²) >= 11 is 0. The summed E-state index contributed by atoms with van der Waals surface area (Å²) in [5.74, 6) is 0.631. The highest BCUT2D eigenvalue weighted by Gasteiger charge is 2.11. The van der Waals surface area contributed by atoms with Gasteiger partial charge in [0.2, 0.25) is 0 Å². The predicted octanol–water partition coefficient (Wildman–Crippen LogP) is 3.83. The molecule has 24 heavy (non-hydrogen) atoms. The number of amides is 1. The van der Waals surface area contributed by atoms with Crippen LogP contribution in [0, 0.1) is 6.92 Å². The molecule has 0 saturated heterocycles. The molecule has 2 aromatic carbocycles. The van der Waals surface area contributed by atoms with Gasteiger partial charge in [-0.1, -0.05) is 12.1 Å². The first-order chi connectivity index (χ1) is 11.7. The van der Waals surface area contributed by atoms with Crippen LogP contribution in [0.1, 0.15) is 22.8 Å². The monoisotopic (exact) mass is 321 g/mol. The van der Waals surface area contributed by atoms with Crippen molar-refractivity contribution in [3.8, 4) is 11.4 Å². The zero-order valence-corrected chi connectivity index (χ0v) is 13.7. The number of nitrogens with one attached hydrogen (secondary N) is 1. The molecule has 0 unspecified atom stereocenters. The zero-order chi connectivity index (χ0) is 16.9. The molecule has 1 amide bonds. The lowest BCUT2D eigenvalue weighted by Gasteiger charge is -2.12. The zero-order valence-electron chi connectivity index (χ0n) is 13.7. The molecule has 1 N–H and O–H groups in total. The lowest BCUT2D eigenvalue weighted by molar-refractivity contribution is 0.102. The van der Waals surface area contributed by atoms with Gasteiger partial charge in [0, 0.05) is 18.0 Å². The fraction of sp³-hybridized carbons (Fsp3) is 0.158. The highest BCUT2D eigenvalue weighted by Crippen LogP contribution is 2.22. The smallest absolute Gasteiger partial charge is 0.255 e. The molecule has 0 radical (unpaired) electrons. The molecule has 0 aliphatic heterocycles. The Kier molecular flexibility index (Phi) is 4.61. The molecule has 0 bridgehead atoms. The summed E-state index contributed by atoms with van der Waals surface area (Å²) in [6.07, 6.45) is 3.54. The molecular weight excluding hydrogens is 302 g/mol. The number of aryl methyl sites for hydroxylation is 1. The van der Waals surface area contributed by atoms with Gasteiger partial charge < -0.3 is 10.1 Å². The second kappa shape index (κ2) is 7.00. The minimum Gasteiger partial charge on any atom is -0.494 e. The van der Waals surface area contributed by atoms with Gasteiger partial charge in [0.05, 0.1) is 18.0 Å². The van der Waals surface area contributed by atoms with Crippen molar-refractivity contribution in [3.63, 3.8) is 0 Å². The maximum Gasteiger partial charge on any atom is 0.255 e. The van der Waals surface area contributed by atoms with E-state index in [2.05, 4.69) is 10.4 Å². The lowest BCUT2D eigenvalue weighted by atomic mass is 10.1. The quantitative estimate of drug-likeness (QED) is 0.777. The van der Waals surface area contributed by atoms with E-state index in [1.807, 2.05) is 62.5 Å². The Morgan fingerprint density at radius 1 is 1.21 bits per heavy atom. The third-order valence-corrected chi connectivity index (χ3v) is 3.64. The first kappa shape index (κ1) is 15.8. The van der Waals surface area contributed by atoms with Gasteiger partial charge in [0.1, 0.15) is 5.75 Å². The van der Waals surface area contributed by atoms with Crippen LogP contribution >= 0.6 is 0 Å². The van der Waals surface area contributed by atoms with Crippen molar-refractivity contribution in [2.45, 2.75) is 13.8 Å². The number of aromatic nitrogens is 2. The molecule has 0 fully saturated rings. The van der Waals surface area contributed by atoms with Crippen LogP contribution < -0.4 is 10.1 Å². The van der Waals surface area contributed by atoms with E-state index in [4.69, 9.17) is 4.74 Å². The Morgan fingerprint density at radius 3 is 2.75 bits per heavy atom. The third-order valence-electron chi connectivity index (χ3n) is 3.64. The van der Waals surface area contributed by atoms with Crippen molar-refractivity contribution in [2.24, 2.45) is 0 Å². The van der Waals surface area contributed by atoms with E-state index in [0.717, 1.165) is 17.0 Å². The second-order valence-electron chi connectivity index (χ2n) is 5.34. The van der Waals surface area contributed by atoms with Crippen molar-refractivity contribution >= 4 is 11.6 Å². The van der Waals surface area contributed by atoms with Crippen LogP contribution in [0.4, 0.5) is 5.69 Å². The molecule has 122 valence electrons. The summed E-state index contributed by atoms with van der Waals surface area (Å²) < 4.78 is 7.24. The van der Waals surface area contributed by atoms with Gasteiger partial charge in [-0.2, -0.15) is 5.10 Å². The number of carbonyl (C=O) groups is 1. The van der Waals surface area contributed by atoms with Gasteiger partial charge >= 0.3 is 0 Å². The van der Waals surface area contributed by atoms with Crippen LogP contribution in [-0.4, -0.2) is 22.3 Å². The second-order valence-corrected chi connectivity index (χ2v) is 5.34. The molecule has 5 nitrogen and oxygen atoms in total. The van der Waals surface area contributed by atoms with Crippen molar-refractivity contribution in [3.05, 3.63) is 72.1 Å². The molecule has 0 aliphatic rings. The van der Waals surface area contributed by atoms with E-state index in [0.29, 0.717) is 17.9 Å². The van der Waals surface area contributed by atoms with Crippen molar-refractivity contribution in [1.29, 1.82) is 0 Å². The van der Waals surface area contributed by atoms with E-state index >= 15 is 0 Å². The Labute approximate surface area is 140 Å². The molecule has 1 aromatic heterocycles. The number of nitrogens with zero attached hydrogens (tertiary/aromatic N) is 2. The molecule has 3 aromatic rings. The number of benzene rings is 2. The Bertz CT molecular complexity index is 842. The van der Waals surface area contributed by atoms with Crippen LogP contribution in [0.3, 0.4) is 0 Å².